The van der Waals surface area contributed by atoms with Crippen molar-refractivity contribution < 1.29 is 13.7 Å². The van der Waals surface area contributed by atoms with Crippen LogP contribution in [-0.2, 0) is 11.2 Å². The standard InChI is InChI=1S/C16H12ClFN4O2/c17-11-9-10(18)4-5-12(11)20-14(23)6-7-15-21-16(22-24-15)13-3-1-2-8-19-13/h1-5,8-9H,6-7H2,(H,20,23). The first kappa shape index (κ1) is 16.1. The van der Waals surface area contributed by atoms with E-state index in [1.807, 2.05) is 6.07 Å². The molecule has 6 nitrogen and oxygen atoms in total. The van der Waals surface area contributed by atoms with E-state index in [4.69, 9.17) is 16.1 Å². The topological polar surface area (TPSA) is 80.9 Å². The fourth-order valence-corrected chi connectivity index (χ4v) is 2.19. The molecule has 0 bridgehead atoms. The summed E-state index contributed by atoms with van der Waals surface area (Å²) in [7, 11) is 0. The van der Waals surface area contributed by atoms with Gasteiger partial charge in [0, 0.05) is 19.0 Å². The van der Waals surface area contributed by atoms with Gasteiger partial charge in [-0.05, 0) is 30.3 Å². The predicted octanol–water partition coefficient (Wildman–Crippen LogP) is 3.50. The Hall–Kier alpha value is -2.80. The average Bonchev–Trinajstić information content (AvgIpc) is 3.05. The molecule has 2 aromatic heterocycles. The lowest BCUT2D eigenvalue weighted by Crippen LogP contribution is -2.12. The quantitative estimate of drug-likeness (QED) is 0.764. The predicted molar refractivity (Wildman–Crippen MR) is 85.9 cm³/mol. The largest absolute Gasteiger partial charge is 0.339 e. The van der Waals surface area contributed by atoms with Crippen molar-refractivity contribution in [3.63, 3.8) is 0 Å². The first-order valence-electron chi connectivity index (χ1n) is 7.11. The monoisotopic (exact) mass is 346 g/mol. The third-order valence-corrected chi connectivity index (χ3v) is 3.45. The molecule has 0 unspecified atom stereocenters. The second-order valence-corrected chi connectivity index (χ2v) is 5.31. The molecule has 0 radical (unpaired) electrons. The molecular formula is C16H12ClFN4O2. The van der Waals surface area contributed by atoms with Gasteiger partial charge >= 0.3 is 0 Å². The van der Waals surface area contributed by atoms with E-state index in [-0.39, 0.29) is 23.8 Å². The van der Waals surface area contributed by atoms with E-state index >= 15 is 0 Å². The highest BCUT2D eigenvalue weighted by atomic mass is 35.5. The number of hydrogen-bond acceptors (Lipinski definition) is 5. The molecule has 0 atom stereocenters. The number of rotatable bonds is 5. The fraction of sp³-hybridized carbons (Fsp3) is 0.125. The molecule has 0 saturated carbocycles. The molecule has 0 aliphatic carbocycles. The highest BCUT2D eigenvalue weighted by Gasteiger charge is 2.12. The van der Waals surface area contributed by atoms with E-state index in [0.29, 0.717) is 23.1 Å². The van der Waals surface area contributed by atoms with Gasteiger partial charge in [-0.1, -0.05) is 22.8 Å². The molecule has 3 aromatic rings. The lowest BCUT2D eigenvalue weighted by atomic mass is 10.2. The third-order valence-electron chi connectivity index (χ3n) is 3.13. The Morgan fingerprint density at radius 3 is 2.92 bits per heavy atom. The summed E-state index contributed by atoms with van der Waals surface area (Å²) in [5, 5.41) is 6.57. The number of aryl methyl sites for hydroxylation is 1. The molecule has 2 heterocycles. The number of halogens is 2. The Morgan fingerprint density at radius 1 is 1.29 bits per heavy atom. The smallest absolute Gasteiger partial charge is 0.227 e. The Balaban J connectivity index is 1.58. The number of hydrogen-bond donors (Lipinski definition) is 1. The van der Waals surface area contributed by atoms with Crippen molar-refractivity contribution in [3.05, 3.63) is 59.3 Å². The van der Waals surface area contributed by atoms with Crippen molar-refractivity contribution in [1.82, 2.24) is 15.1 Å². The molecule has 0 aliphatic rings. The number of pyridine rings is 1. The van der Waals surface area contributed by atoms with E-state index in [9.17, 15) is 9.18 Å². The van der Waals surface area contributed by atoms with Crippen molar-refractivity contribution in [2.45, 2.75) is 12.8 Å². The van der Waals surface area contributed by atoms with Crippen LogP contribution in [-0.4, -0.2) is 21.0 Å². The second-order valence-electron chi connectivity index (χ2n) is 4.90. The van der Waals surface area contributed by atoms with Gasteiger partial charge in [-0.15, -0.1) is 0 Å². The van der Waals surface area contributed by atoms with E-state index < -0.39 is 5.82 Å². The Labute approximate surface area is 141 Å². The third kappa shape index (κ3) is 3.94. The van der Waals surface area contributed by atoms with E-state index in [1.54, 1.807) is 18.3 Å². The summed E-state index contributed by atoms with van der Waals surface area (Å²) in [6.07, 6.45) is 2.02. The molecular weight excluding hydrogens is 335 g/mol. The van der Waals surface area contributed by atoms with Gasteiger partial charge in [0.15, 0.2) is 0 Å². The number of carbonyl (C=O) groups excluding carboxylic acids is 1. The number of nitrogens with zero attached hydrogens (tertiary/aromatic N) is 3. The van der Waals surface area contributed by atoms with Gasteiger partial charge in [0.25, 0.3) is 0 Å². The van der Waals surface area contributed by atoms with Gasteiger partial charge in [0.2, 0.25) is 17.6 Å². The van der Waals surface area contributed by atoms with Crippen LogP contribution in [0, 0.1) is 5.82 Å². The van der Waals surface area contributed by atoms with Gasteiger partial charge in [-0.25, -0.2) is 4.39 Å². The van der Waals surface area contributed by atoms with Crippen molar-refractivity contribution >= 4 is 23.2 Å². The highest BCUT2D eigenvalue weighted by molar-refractivity contribution is 6.33. The average molecular weight is 347 g/mol. The second kappa shape index (κ2) is 7.18. The lowest BCUT2D eigenvalue weighted by Gasteiger charge is -2.06. The van der Waals surface area contributed by atoms with Crippen LogP contribution in [0.1, 0.15) is 12.3 Å². The number of aromatic nitrogens is 3. The molecule has 8 heteroatoms. The summed E-state index contributed by atoms with van der Waals surface area (Å²) in [4.78, 5) is 20.2. The van der Waals surface area contributed by atoms with Gasteiger partial charge in [-0.3, -0.25) is 9.78 Å². The van der Waals surface area contributed by atoms with Crippen molar-refractivity contribution in [3.8, 4) is 11.5 Å². The molecule has 122 valence electrons. The van der Waals surface area contributed by atoms with E-state index in [2.05, 4.69) is 20.4 Å². The Morgan fingerprint density at radius 2 is 2.17 bits per heavy atom. The van der Waals surface area contributed by atoms with Crippen LogP contribution < -0.4 is 5.32 Å². The summed E-state index contributed by atoms with van der Waals surface area (Å²) >= 11 is 5.86. The molecule has 0 saturated heterocycles. The van der Waals surface area contributed by atoms with Gasteiger partial charge in [-0.2, -0.15) is 4.98 Å². The van der Waals surface area contributed by atoms with Crippen LogP contribution in [0.25, 0.3) is 11.5 Å². The summed E-state index contributed by atoms with van der Waals surface area (Å²) in [6, 6.07) is 9.12. The van der Waals surface area contributed by atoms with Crippen LogP contribution in [0.2, 0.25) is 5.02 Å². The van der Waals surface area contributed by atoms with Crippen molar-refractivity contribution in [2.24, 2.45) is 0 Å². The van der Waals surface area contributed by atoms with Crippen LogP contribution >= 0.6 is 11.6 Å². The minimum Gasteiger partial charge on any atom is -0.339 e. The SMILES string of the molecule is O=C(CCc1nc(-c2ccccn2)no1)Nc1ccc(F)cc1Cl. The summed E-state index contributed by atoms with van der Waals surface area (Å²) in [5.41, 5.74) is 0.942. The zero-order chi connectivity index (χ0) is 16.9. The van der Waals surface area contributed by atoms with E-state index in [1.165, 1.54) is 12.1 Å². The van der Waals surface area contributed by atoms with Crippen molar-refractivity contribution in [1.29, 1.82) is 0 Å². The molecule has 1 aromatic carbocycles. The maximum Gasteiger partial charge on any atom is 0.227 e. The number of amides is 1. The highest BCUT2D eigenvalue weighted by Crippen LogP contribution is 2.22. The zero-order valence-electron chi connectivity index (χ0n) is 12.4. The number of carbonyl (C=O) groups is 1. The summed E-state index contributed by atoms with van der Waals surface area (Å²) < 4.78 is 18.1. The number of nitrogens with one attached hydrogen (secondary N) is 1. The summed E-state index contributed by atoms with van der Waals surface area (Å²) in [6.45, 7) is 0. The lowest BCUT2D eigenvalue weighted by molar-refractivity contribution is -0.116. The first-order chi connectivity index (χ1) is 11.6. The van der Waals surface area contributed by atoms with Gasteiger partial charge < -0.3 is 9.84 Å². The molecule has 0 aliphatic heterocycles. The van der Waals surface area contributed by atoms with Crippen LogP contribution in [0.4, 0.5) is 10.1 Å². The van der Waals surface area contributed by atoms with Crippen LogP contribution in [0.15, 0.2) is 47.1 Å². The fourth-order valence-electron chi connectivity index (χ4n) is 1.98. The van der Waals surface area contributed by atoms with Gasteiger partial charge in [0.05, 0.1) is 10.7 Å². The van der Waals surface area contributed by atoms with Crippen molar-refractivity contribution in [2.75, 3.05) is 5.32 Å². The van der Waals surface area contributed by atoms with E-state index in [0.717, 1.165) is 6.07 Å². The number of anilines is 1. The Kier molecular flexibility index (Phi) is 4.81. The number of benzene rings is 1. The zero-order valence-corrected chi connectivity index (χ0v) is 13.1. The normalized spacial score (nSPS) is 10.6. The molecule has 24 heavy (non-hydrogen) atoms. The molecule has 1 N–H and O–H groups in total. The minimum atomic E-state index is -0.467. The summed E-state index contributed by atoms with van der Waals surface area (Å²) in [5.74, 6) is -0.0596. The molecule has 0 spiro atoms. The maximum atomic E-state index is 13.0. The minimum absolute atomic E-state index is 0.123. The molecule has 0 fully saturated rings. The van der Waals surface area contributed by atoms with Crippen LogP contribution in [0.5, 0.6) is 0 Å². The van der Waals surface area contributed by atoms with Crippen LogP contribution in [0.3, 0.4) is 0 Å². The van der Waals surface area contributed by atoms with Gasteiger partial charge in [0.1, 0.15) is 11.5 Å². The molecule has 1 amide bonds. The first-order valence-corrected chi connectivity index (χ1v) is 7.48. The molecule has 3 rings (SSSR count). The maximum absolute atomic E-state index is 13.0. The Bertz CT molecular complexity index is 854.